The second kappa shape index (κ2) is 6.10. The predicted molar refractivity (Wildman–Crippen MR) is 63.0 cm³/mol. The summed E-state index contributed by atoms with van der Waals surface area (Å²) in [5.41, 5.74) is 1.06. The van der Waals surface area contributed by atoms with Crippen molar-refractivity contribution in [1.29, 1.82) is 0 Å². The Morgan fingerprint density at radius 3 is 3.12 bits per heavy atom. The van der Waals surface area contributed by atoms with E-state index < -0.39 is 0 Å². The molecule has 1 fully saturated rings. The number of nitrogens with zero attached hydrogens (tertiary/aromatic N) is 1. The normalized spacial score (nSPS) is 20.2. The van der Waals surface area contributed by atoms with Crippen LogP contribution in [0.1, 0.15) is 35.3 Å². The van der Waals surface area contributed by atoms with E-state index in [2.05, 4.69) is 4.98 Å². The van der Waals surface area contributed by atoms with Crippen molar-refractivity contribution in [2.75, 3.05) is 6.61 Å². The number of halogens is 1. The Labute approximate surface area is 105 Å². The summed E-state index contributed by atoms with van der Waals surface area (Å²) in [7, 11) is 0. The van der Waals surface area contributed by atoms with Gasteiger partial charge in [0, 0.05) is 12.2 Å². The van der Waals surface area contributed by atoms with Gasteiger partial charge in [-0.15, -0.1) is 0 Å². The summed E-state index contributed by atoms with van der Waals surface area (Å²) in [5.74, 6) is 0. The van der Waals surface area contributed by atoms with E-state index in [4.69, 9.17) is 21.1 Å². The molecule has 0 N–H and O–H groups in total. The van der Waals surface area contributed by atoms with Crippen molar-refractivity contribution >= 4 is 17.9 Å². The van der Waals surface area contributed by atoms with Gasteiger partial charge in [0.2, 0.25) is 0 Å². The fourth-order valence-electron chi connectivity index (χ4n) is 1.72. The standard InChI is InChI=1S/C12H14ClNO3/c13-11-5-4-9(7-15)10(14-11)8-17-12-3-1-2-6-16-12/h4-5,7,12H,1-3,6,8H2. The molecular weight excluding hydrogens is 242 g/mol. The van der Waals surface area contributed by atoms with Gasteiger partial charge in [-0.2, -0.15) is 0 Å². The molecule has 17 heavy (non-hydrogen) atoms. The highest BCUT2D eigenvalue weighted by molar-refractivity contribution is 6.29. The number of ether oxygens (including phenoxy) is 2. The molecule has 0 aliphatic carbocycles. The van der Waals surface area contributed by atoms with Crippen molar-refractivity contribution in [1.82, 2.24) is 4.98 Å². The zero-order valence-corrected chi connectivity index (χ0v) is 10.2. The summed E-state index contributed by atoms with van der Waals surface area (Å²) >= 11 is 5.78. The molecule has 1 aromatic heterocycles. The van der Waals surface area contributed by atoms with Crippen molar-refractivity contribution < 1.29 is 14.3 Å². The number of aromatic nitrogens is 1. The molecule has 0 bridgehead atoms. The highest BCUT2D eigenvalue weighted by Gasteiger charge is 2.15. The van der Waals surface area contributed by atoms with E-state index in [-0.39, 0.29) is 12.9 Å². The zero-order valence-electron chi connectivity index (χ0n) is 9.39. The fraction of sp³-hybridized carbons (Fsp3) is 0.500. The lowest BCUT2D eigenvalue weighted by Gasteiger charge is -2.22. The maximum atomic E-state index is 10.8. The first-order valence-electron chi connectivity index (χ1n) is 5.63. The van der Waals surface area contributed by atoms with Gasteiger partial charge in [-0.25, -0.2) is 4.98 Å². The number of carbonyl (C=O) groups excluding carboxylic acids is 1. The van der Waals surface area contributed by atoms with Crippen LogP contribution in [0.5, 0.6) is 0 Å². The summed E-state index contributed by atoms with van der Waals surface area (Å²) in [6, 6.07) is 3.23. The highest BCUT2D eigenvalue weighted by Crippen LogP contribution is 2.17. The molecule has 1 aliphatic rings. The topological polar surface area (TPSA) is 48.4 Å². The van der Waals surface area contributed by atoms with Crippen LogP contribution in [0.4, 0.5) is 0 Å². The first-order chi connectivity index (χ1) is 8.29. The third kappa shape index (κ3) is 3.49. The minimum Gasteiger partial charge on any atom is -0.353 e. The largest absolute Gasteiger partial charge is 0.353 e. The molecule has 4 nitrogen and oxygen atoms in total. The summed E-state index contributed by atoms with van der Waals surface area (Å²) in [6.07, 6.45) is 3.63. The van der Waals surface area contributed by atoms with Gasteiger partial charge in [0.25, 0.3) is 0 Å². The minimum absolute atomic E-state index is 0.191. The molecule has 1 aromatic rings. The molecule has 0 radical (unpaired) electrons. The molecule has 1 aliphatic heterocycles. The van der Waals surface area contributed by atoms with E-state index >= 15 is 0 Å². The van der Waals surface area contributed by atoms with E-state index in [0.717, 1.165) is 32.2 Å². The average molecular weight is 256 g/mol. The van der Waals surface area contributed by atoms with Crippen LogP contribution < -0.4 is 0 Å². The van der Waals surface area contributed by atoms with Crippen LogP contribution in [-0.2, 0) is 16.1 Å². The van der Waals surface area contributed by atoms with Crippen LogP contribution in [0, 0.1) is 0 Å². The van der Waals surface area contributed by atoms with E-state index in [1.165, 1.54) is 0 Å². The quantitative estimate of drug-likeness (QED) is 0.613. The van der Waals surface area contributed by atoms with E-state index in [1.807, 2.05) is 0 Å². The van der Waals surface area contributed by atoms with Gasteiger partial charge >= 0.3 is 0 Å². The second-order valence-corrected chi connectivity index (χ2v) is 4.28. The molecule has 1 saturated heterocycles. The summed E-state index contributed by atoms with van der Waals surface area (Å²) in [5, 5.41) is 0.360. The fourth-order valence-corrected chi connectivity index (χ4v) is 1.89. The lowest BCUT2D eigenvalue weighted by Crippen LogP contribution is -2.22. The van der Waals surface area contributed by atoms with Crippen LogP contribution in [-0.4, -0.2) is 24.2 Å². The maximum Gasteiger partial charge on any atom is 0.158 e. The van der Waals surface area contributed by atoms with Gasteiger partial charge < -0.3 is 9.47 Å². The molecular formula is C12H14ClNO3. The van der Waals surface area contributed by atoms with Gasteiger partial charge in [0.1, 0.15) is 5.15 Å². The zero-order chi connectivity index (χ0) is 12.1. The third-order valence-electron chi connectivity index (χ3n) is 2.65. The SMILES string of the molecule is O=Cc1ccc(Cl)nc1COC1CCCCO1. The minimum atomic E-state index is -0.191. The number of pyridine rings is 1. The summed E-state index contributed by atoms with van der Waals surface area (Å²) in [6.45, 7) is 0.980. The Kier molecular flexibility index (Phi) is 4.48. The maximum absolute atomic E-state index is 10.8. The molecule has 0 saturated carbocycles. The molecule has 0 spiro atoms. The first kappa shape index (κ1) is 12.5. The van der Waals surface area contributed by atoms with E-state index in [1.54, 1.807) is 12.1 Å². The molecule has 0 aromatic carbocycles. The molecule has 2 heterocycles. The van der Waals surface area contributed by atoms with Gasteiger partial charge in [0.15, 0.2) is 12.6 Å². The number of aldehydes is 1. The molecule has 1 atom stereocenters. The molecule has 0 amide bonds. The third-order valence-corrected chi connectivity index (χ3v) is 2.86. The lowest BCUT2D eigenvalue weighted by molar-refractivity contribution is -0.169. The van der Waals surface area contributed by atoms with Crippen molar-refractivity contribution in [3.8, 4) is 0 Å². The Morgan fingerprint density at radius 2 is 2.41 bits per heavy atom. The van der Waals surface area contributed by atoms with Crippen molar-refractivity contribution in [2.24, 2.45) is 0 Å². The lowest BCUT2D eigenvalue weighted by atomic mass is 10.2. The smallest absolute Gasteiger partial charge is 0.158 e. The molecule has 5 heteroatoms. The van der Waals surface area contributed by atoms with Gasteiger partial charge in [0.05, 0.1) is 12.3 Å². The van der Waals surface area contributed by atoms with Crippen LogP contribution in [0.15, 0.2) is 12.1 Å². The number of hydrogen-bond donors (Lipinski definition) is 0. The van der Waals surface area contributed by atoms with Crippen molar-refractivity contribution in [2.45, 2.75) is 32.2 Å². The van der Waals surface area contributed by atoms with E-state index in [9.17, 15) is 4.79 Å². The Bertz CT molecular complexity index is 391. The monoisotopic (exact) mass is 255 g/mol. The van der Waals surface area contributed by atoms with Crippen LogP contribution >= 0.6 is 11.6 Å². The molecule has 92 valence electrons. The van der Waals surface area contributed by atoms with Gasteiger partial charge in [-0.1, -0.05) is 11.6 Å². The Hall–Kier alpha value is -0.970. The van der Waals surface area contributed by atoms with Gasteiger partial charge in [-0.05, 0) is 31.4 Å². The molecule has 1 unspecified atom stereocenters. The van der Waals surface area contributed by atoms with Crippen LogP contribution in [0.3, 0.4) is 0 Å². The number of rotatable bonds is 4. The number of hydrogen-bond acceptors (Lipinski definition) is 4. The number of carbonyl (C=O) groups is 1. The summed E-state index contributed by atoms with van der Waals surface area (Å²) in [4.78, 5) is 14.9. The average Bonchev–Trinajstić information content (AvgIpc) is 2.38. The Morgan fingerprint density at radius 1 is 1.53 bits per heavy atom. The van der Waals surface area contributed by atoms with Crippen LogP contribution in [0.25, 0.3) is 0 Å². The first-order valence-corrected chi connectivity index (χ1v) is 6.01. The van der Waals surface area contributed by atoms with Crippen molar-refractivity contribution in [3.05, 3.63) is 28.5 Å². The molecule has 2 rings (SSSR count). The van der Waals surface area contributed by atoms with Crippen LogP contribution in [0.2, 0.25) is 5.15 Å². The van der Waals surface area contributed by atoms with Gasteiger partial charge in [-0.3, -0.25) is 4.79 Å². The van der Waals surface area contributed by atoms with Crippen molar-refractivity contribution in [3.63, 3.8) is 0 Å². The highest BCUT2D eigenvalue weighted by atomic mass is 35.5. The second-order valence-electron chi connectivity index (χ2n) is 3.89. The Balaban J connectivity index is 1.97. The summed E-state index contributed by atoms with van der Waals surface area (Å²) < 4.78 is 11.0. The van der Waals surface area contributed by atoms with E-state index in [0.29, 0.717) is 16.4 Å². The predicted octanol–water partition coefficient (Wildman–Crippen LogP) is 2.59.